The maximum atomic E-state index is 12.0. The molecule has 0 atom stereocenters. The number of carboxylic acid groups (broad SMARTS) is 1. The van der Waals surface area contributed by atoms with E-state index in [1.807, 2.05) is 20.8 Å². The van der Waals surface area contributed by atoms with E-state index in [-0.39, 0.29) is 18.4 Å². The van der Waals surface area contributed by atoms with Gasteiger partial charge in [-0.2, -0.15) is 0 Å². The smallest absolute Gasteiger partial charge is 0.310 e. The summed E-state index contributed by atoms with van der Waals surface area (Å²) in [4.78, 5) is 24.9. The van der Waals surface area contributed by atoms with Gasteiger partial charge in [-0.3, -0.25) is 9.59 Å². The van der Waals surface area contributed by atoms with Gasteiger partial charge in [0, 0.05) is 19.0 Å². The Morgan fingerprint density at radius 2 is 1.94 bits per heavy atom. The first-order valence-electron chi connectivity index (χ1n) is 5.96. The predicted molar refractivity (Wildman–Crippen MR) is 61.1 cm³/mol. The zero-order chi connectivity index (χ0) is 12.3. The van der Waals surface area contributed by atoms with Crippen LogP contribution in [0, 0.1) is 5.41 Å². The van der Waals surface area contributed by atoms with Gasteiger partial charge in [0.15, 0.2) is 0 Å². The summed E-state index contributed by atoms with van der Waals surface area (Å²) in [5.74, 6) is -0.841. The molecule has 1 aliphatic rings. The van der Waals surface area contributed by atoms with Gasteiger partial charge in [0.2, 0.25) is 5.91 Å². The average Bonchev–Trinajstić information content (AvgIpc) is 2.11. The maximum absolute atomic E-state index is 12.0. The van der Waals surface area contributed by atoms with Crippen molar-refractivity contribution in [2.75, 3.05) is 6.54 Å². The van der Waals surface area contributed by atoms with Crippen LogP contribution in [0.3, 0.4) is 0 Å². The van der Waals surface area contributed by atoms with Gasteiger partial charge in [-0.05, 0) is 33.6 Å². The monoisotopic (exact) mass is 227 g/mol. The zero-order valence-corrected chi connectivity index (χ0v) is 10.3. The molecule has 0 saturated heterocycles. The second-order valence-corrected chi connectivity index (χ2v) is 4.89. The van der Waals surface area contributed by atoms with Crippen LogP contribution in [0.5, 0.6) is 0 Å². The summed E-state index contributed by atoms with van der Waals surface area (Å²) in [7, 11) is 0. The van der Waals surface area contributed by atoms with Crippen molar-refractivity contribution in [2.24, 2.45) is 5.41 Å². The van der Waals surface area contributed by atoms with Gasteiger partial charge in [-0.15, -0.1) is 0 Å². The van der Waals surface area contributed by atoms with Crippen LogP contribution in [0.4, 0.5) is 0 Å². The number of nitrogens with zero attached hydrogens (tertiary/aromatic N) is 1. The highest BCUT2D eigenvalue weighted by Gasteiger charge is 2.46. The molecule has 1 saturated carbocycles. The van der Waals surface area contributed by atoms with Crippen molar-refractivity contribution in [1.29, 1.82) is 0 Å². The van der Waals surface area contributed by atoms with Gasteiger partial charge >= 0.3 is 5.97 Å². The van der Waals surface area contributed by atoms with Gasteiger partial charge < -0.3 is 10.0 Å². The molecule has 0 aromatic carbocycles. The Balaban J connectivity index is 2.65. The summed E-state index contributed by atoms with van der Waals surface area (Å²) in [6.07, 6.45) is 2.37. The molecule has 1 aliphatic carbocycles. The van der Waals surface area contributed by atoms with E-state index in [2.05, 4.69) is 0 Å². The van der Waals surface area contributed by atoms with E-state index in [1.165, 1.54) is 0 Å². The van der Waals surface area contributed by atoms with Gasteiger partial charge in [-0.25, -0.2) is 0 Å². The summed E-state index contributed by atoms with van der Waals surface area (Å²) in [6.45, 7) is 6.48. The first kappa shape index (κ1) is 13.0. The lowest BCUT2D eigenvalue weighted by Gasteiger charge is -2.39. The second-order valence-electron chi connectivity index (χ2n) is 4.89. The van der Waals surface area contributed by atoms with Crippen LogP contribution in [0.15, 0.2) is 0 Å². The minimum absolute atomic E-state index is 0.0281. The standard InChI is InChI=1S/C12H21NO3/c1-4-13(9(2)3)10(14)8-12(11(15)16)6-5-7-12/h9H,4-8H2,1-3H3,(H,15,16). The number of hydrogen-bond acceptors (Lipinski definition) is 2. The lowest BCUT2D eigenvalue weighted by molar-refractivity contribution is -0.160. The molecular formula is C12H21NO3. The van der Waals surface area contributed by atoms with E-state index in [4.69, 9.17) is 5.11 Å². The largest absolute Gasteiger partial charge is 0.481 e. The quantitative estimate of drug-likeness (QED) is 0.780. The van der Waals surface area contributed by atoms with E-state index in [1.54, 1.807) is 4.90 Å². The number of amides is 1. The minimum atomic E-state index is -0.813. The van der Waals surface area contributed by atoms with Gasteiger partial charge in [0.25, 0.3) is 0 Å². The summed E-state index contributed by atoms with van der Waals surface area (Å²) in [5, 5.41) is 9.15. The van der Waals surface area contributed by atoms with Crippen LogP contribution >= 0.6 is 0 Å². The average molecular weight is 227 g/mol. The topological polar surface area (TPSA) is 57.6 Å². The first-order valence-corrected chi connectivity index (χ1v) is 5.96. The zero-order valence-electron chi connectivity index (χ0n) is 10.3. The van der Waals surface area contributed by atoms with E-state index < -0.39 is 11.4 Å². The molecule has 1 N–H and O–H groups in total. The van der Waals surface area contributed by atoms with Crippen LogP contribution in [-0.2, 0) is 9.59 Å². The van der Waals surface area contributed by atoms with Crippen molar-refractivity contribution >= 4 is 11.9 Å². The highest BCUT2D eigenvalue weighted by Crippen LogP contribution is 2.44. The molecule has 92 valence electrons. The van der Waals surface area contributed by atoms with Crippen LogP contribution < -0.4 is 0 Å². The highest BCUT2D eigenvalue weighted by atomic mass is 16.4. The molecule has 0 aliphatic heterocycles. The lowest BCUT2D eigenvalue weighted by atomic mass is 9.66. The molecule has 1 amide bonds. The second kappa shape index (κ2) is 4.85. The fourth-order valence-corrected chi connectivity index (χ4v) is 2.29. The summed E-state index contributed by atoms with van der Waals surface area (Å²) in [6, 6.07) is 0.142. The Hall–Kier alpha value is -1.06. The fraction of sp³-hybridized carbons (Fsp3) is 0.833. The number of rotatable bonds is 5. The Morgan fingerprint density at radius 1 is 1.38 bits per heavy atom. The van der Waals surface area contributed by atoms with E-state index in [0.29, 0.717) is 19.4 Å². The Bertz CT molecular complexity index is 282. The van der Waals surface area contributed by atoms with Crippen molar-refractivity contribution in [3.63, 3.8) is 0 Å². The molecule has 4 nitrogen and oxygen atoms in total. The number of aliphatic carboxylic acids is 1. The summed E-state index contributed by atoms with van der Waals surface area (Å²) < 4.78 is 0. The van der Waals surface area contributed by atoms with Crippen molar-refractivity contribution < 1.29 is 14.7 Å². The van der Waals surface area contributed by atoms with Crippen LogP contribution in [-0.4, -0.2) is 34.5 Å². The molecule has 0 bridgehead atoms. The van der Waals surface area contributed by atoms with Gasteiger partial charge in [0.05, 0.1) is 5.41 Å². The molecule has 1 fully saturated rings. The number of carbonyl (C=O) groups excluding carboxylic acids is 1. The maximum Gasteiger partial charge on any atom is 0.310 e. The SMILES string of the molecule is CCN(C(=O)CC1(C(=O)O)CCC1)C(C)C. The van der Waals surface area contributed by atoms with Crippen LogP contribution in [0.1, 0.15) is 46.5 Å². The van der Waals surface area contributed by atoms with Crippen LogP contribution in [0.2, 0.25) is 0 Å². The third-order valence-corrected chi connectivity index (χ3v) is 3.54. The van der Waals surface area contributed by atoms with Crippen LogP contribution in [0.25, 0.3) is 0 Å². The predicted octanol–water partition coefficient (Wildman–Crippen LogP) is 1.89. The number of carbonyl (C=O) groups is 2. The fourth-order valence-electron chi connectivity index (χ4n) is 2.29. The number of carboxylic acids is 1. The Labute approximate surface area is 96.6 Å². The molecule has 1 rings (SSSR count). The molecule has 0 aromatic heterocycles. The molecule has 16 heavy (non-hydrogen) atoms. The molecule has 0 radical (unpaired) electrons. The Morgan fingerprint density at radius 3 is 2.19 bits per heavy atom. The van der Waals surface area contributed by atoms with E-state index in [0.717, 1.165) is 6.42 Å². The molecule has 4 heteroatoms. The lowest BCUT2D eigenvalue weighted by Crippen LogP contribution is -2.45. The molecule has 0 unspecified atom stereocenters. The van der Waals surface area contributed by atoms with Crippen molar-refractivity contribution in [3.8, 4) is 0 Å². The molecule has 0 heterocycles. The van der Waals surface area contributed by atoms with E-state index in [9.17, 15) is 9.59 Å². The van der Waals surface area contributed by atoms with Crippen molar-refractivity contribution in [2.45, 2.75) is 52.5 Å². The molecule has 0 aromatic rings. The van der Waals surface area contributed by atoms with Gasteiger partial charge in [0.1, 0.15) is 0 Å². The Kier molecular flexibility index (Phi) is 3.94. The normalized spacial score (nSPS) is 18.0. The third-order valence-electron chi connectivity index (χ3n) is 3.54. The molecular weight excluding hydrogens is 206 g/mol. The number of hydrogen-bond donors (Lipinski definition) is 1. The van der Waals surface area contributed by atoms with Gasteiger partial charge in [-0.1, -0.05) is 6.42 Å². The van der Waals surface area contributed by atoms with E-state index >= 15 is 0 Å². The first-order chi connectivity index (χ1) is 7.43. The minimum Gasteiger partial charge on any atom is -0.481 e. The summed E-state index contributed by atoms with van der Waals surface area (Å²) >= 11 is 0. The third kappa shape index (κ3) is 2.36. The van der Waals surface area contributed by atoms with Crippen molar-refractivity contribution in [1.82, 2.24) is 4.90 Å². The molecule has 0 spiro atoms. The summed E-state index contributed by atoms with van der Waals surface area (Å²) in [5.41, 5.74) is -0.764. The van der Waals surface area contributed by atoms with Crippen molar-refractivity contribution in [3.05, 3.63) is 0 Å². The highest BCUT2D eigenvalue weighted by molar-refractivity contribution is 5.85.